The lowest BCUT2D eigenvalue weighted by atomic mass is 10.0. The topological polar surface area (TPSA) is 81.8 Å². The largest absolute Gasteiger partial charge is 0.349 e. The van der Waals surface area contributed by atoms with E-state index < -0.39 is 11.8 Å². The molecule has 7 heteroatoms. The lowest BCUT2D eigenvalue weighted by Gasteiger charge is -2.32. The highest BCUT2D eigenvalue weighted by atomic mass is 16.2. The third kappa shape index (κ3) is 6.65. The van der Waals surface area contributed by atoms with Crippen molar-refractivity contribution < 1.29 is 14.4 Å². The van der Waals surface area contributed by atoms with Gasteiger partial charge in [0, 0.05) is 37.8 Å². The molecule has 1 fully saturated rings. The van der Waals surface area contributed by atoms with Gasteiger partial charge >= 0.3 is 11.8 Å². The predicted molar refractivity (Wildman–Crippen MR) is 119 cm³/mol. The zero-order valence-corrected chi connectivity index (χ0v) is 18.1. The molecule has 0 aromatic heterocycles. The highest BCUT2D eigenvalue weighted by molar-refractivity contribution is 6.35. The first-order chi connectivity index (χ1) is 14.9. The van der Waals surface area contributed by atoms with Gasteiger partial charge in [-0.25, -0.2) is 0 Å². The fourth-order valence-corrected chi connectivity index (χ4v) is 3.61. The van der Waals surface area contributed by atoms with Crippen molar-refractivity contribution in [1.29, 1.82) is 0 Å². The lowest BCUT2D eigenvalue weighted by Crippen LogP contribution is -2.50. The molecule has 0 bridgehead atoms. The molecule has 1 aliphatic heterocycles. The van der Waals surface area contributed by atoms with Gasteiger partial charge in [0.1, 0.15) is 0 Å². The van der Waals surface area contributed by atoms with E-state index in [9.17, 15) is 14.4 Å². The number of nitrogens with one attached hydrogen (secondary N) is 2. The van der Waals surface area contributed by atoms with E-state index in [1.54, 1.807) is 17.0 Å². The first kappa shape index (κ1) is 22.5. The molecule has 0 unspecified atom stereocenters. The summed E-state index contributed by atoms with van der Waals surface area (Å²) >= 11 is 0. The monoisotopic (exact) mass is 422 g/mol. The molecule has 7 nitrogen and oxygen atoms in total. The molecule has 0 aliphatic carbocycles. The molecule has 3 amide bonds. The fraction of sp³-hybridized carbons (Fsp3) is 0.375. The summed E-state index contributed by atoms with van der Waals surface area (Å²) in [6.07, 6.45) is 1.26. The molecule has 0 atom stereocenters. The number of hydrogen-bond donors (Lipinski definition) is 2. The van der Waals surface area contributed by atoms with Crippen LogP contribution in [0.5, 0.6) is 0 Å². The van der Waals surface area contributed by atoms with Gasteiger partial charge in [-0.2, -0.15) is 0 Å². The third-order valence-corrected chi connectivity index (χ3v) is 5.32. The van der Waals surface area contributed by atoms with Crippen LogP contribution in [-0.4, -0.2) is 60.7 Å². The summed E-state index contributed by atoms with van der Waals surface area (Å²) in [4.78, 5) is 40.7. The average molecular weight is 423 g/mol. The minimum atomic E-state index is -0.593. The molecule has 2 aromatic rings. The molecule has 1 saturated heterocycles. The van der Waals surface area contributed by atoms with Gasteiger partial charge in [-0.15, -0.1) is 0 Å². The fourth-order valence-electron chi connectivity index (χ4n) is 3.61. The second-order valence-electron chi connectivity index (χ2n) is 8.14. The van der Waals surface area contributed by atoms with Crippen molar-refractivity contribution >= 4 is 17.7 Å². The van der Waals surface area contributed by atoms with Crippen LogP contribution in [0.25, 0.3) is 0 Å². The van der Waals surface area contributed by atoms with Gasteiger partial charge in [-0.05, 0) is 50.2 Å². The molecular formula is C24H30N4O3. The first-order valence-corrected chi connectivity index (χ1v) is 10.6. The molecule has 2 aromatic carbocycles. The van der Waals surface area contributed by atoms with Gasteiger partial charge in [-0.1, -0.05) is 42.5 Å². The number of rotatable bonds is 6. The number of benzene rings is 2. The Morgan fingerprint density at radius 2 is 1.55 bits per heavy atom. The number of carbonyl (C=O) groups is 3. The zero-order valence-electron chi connectivity index (χ0n) is 18.1. The van der Waals surface area contributed by atoms with Crippen molar-refractivity contribution in [3.05, 3.63) is 71.3 Å². The van der Waals surface area contributed by atoms with Crippen molar-refractivity contribution in [3.63, 3.8) is 0 Å². The Balaban J connectivity index is 1.41. The molecule has 2 N–H and O–H groups in total. The Labute approximate surface area is 183 Å². The van der Waals surface area contributed by atoms with Crippen LogP contribution in [-0.2, 0) is 22.7 Å². The Hall–Kier alpha value is -3.19. The van der Waals surface area contributed by atoms with Gasteiger partial charge in [0.15, 0.2) is 0 Å². The molecule has 0 spiro atoms. The second-order valence-corrected chi connectivity index (χ2v) is 8.14. The standard InChI is InChI=1S/C24H30N4O3/c1-27(2)17-19-10-8-18(9-11-19)16-25-23(30)24(31)28-14-12-21(13-15-28)26-22(29)20-6-4-3-5-7-20/h3-11,21H,12-17H2,1-2H3,(H,25,30)(H,26,29). The summed E-state index contributed by atoms with van der Waals surface area (Å²) in [7, 11) is 4.03. The highest BCUT2D eigenvalue weighted by Crippen LogP contribution is 2.12. The van der Waals surface area contributed by atoms with Crippen LogP contribution in [0.3, 0.4) is 0 Å². The van der Waals surface area contributed by atoms with Crippen molar-refractivity contribution in [1.82, 2.24) is 20.4 Å². The van der Waals surface area contributed by atoms with Crippen molar-refractivity contribution in [2.45, 2.75) is 32.0 Å². The Kier molecular flexibility index (Phi) is 7.78. The molecule has 164 valence electrons. The lowest BCUT2D eigenvalue weighted by molar-refractivity contribution is -0.146. The summed E-state index contributed by atoms with van der Waals surface area (Å²) < 4.78 is 0. The van der Waals surface area contributed by atoms with Gasteiger partial charge in [0.2, 0.25) is 0 Å². The van der Waals surface area contributed by atoms with Crippen LogP contribution in [0.2, 0.25) is 0 Å². The van der Waals surface area contributed by atoms with Crippen molar-refractivity contribution in [2.75, 3.05) is 27.2 Å². The van der Waals surface area contributed by atoms with E-state index in [1.165, 1.54) is 5.56 Å². The van der Waals surface area contributed by atoms with Gasteiger partial charge < -0.3 is 20.4 Å². The minimum Gasteiger partial charge on any atom is -0.349 e. The van der Waals surface area contributed by atoms with Crippen molar-refractivity contribution in [2.24, 2.45) is 0 Å². The van der Waals surface area contributed by atoms with E-state index in [0.29, 0.717) is 38.0 Å². The Morgan fingerprint density at radius 3 is 2.16 bits per heavy atom. The molecule has 1 aliphatic rings. The smallest absolute Gasteiger partial charge is 0.311 e. The second kappa shape index (κ2) is 10.7. The van der Waals surface area contributed by atoms with E-state index in [0.717, 1.165) is 12.1 Å². The first-order valence-electron chi connectivity index (χ1n) is 10.6. The van der Waals surface area contributed by atoms with E-state index in [2.05, 4.69) is 15.5 Å². The quantitative estimate of drug-likeness (QED) is 0.696. The molecule has 3 rings (SSSR count). The number of carbonyl (C=O) groups excluding carboxylic acids is 3. The van der Waals surface area contributed by atoms with E-state index in [4.69, 9.17) is 0 Å². The van der Waals surface area contributed by atoms with Gasteiger partial charge in [0.05, 0.1) is 0 Å². The average Bonchev–Trinajstić information content (AvgIpc) is 2.78. The van der Waals surface area contributed by atoms with E-state index in [1.807, 2.05) is 56.6 Å². The number of piperidine rings is 1. The van der Waals surface area contributed by atoms with Crippen LogP contribution in [0, 0.1) is 0 Å². The Bertz CT molecular complexity index is 889. The van der Waals surface area contributed by atoms with Gasteiger partial charge in [-0.3, -0.25) is 14.4 Å². The number of amides is 3. The summed E-state index contributed by atoms with van der Waals surface area (Å²) in [5.41, 5.74) is 2.76. The number of likely N-dealkylation sites (tertiary alicyclic amines) is 1. The molecule has 0 radical (unpaired) electrons. The maximum Gasteiger partial charge on any atom is 0.311 e. The molecule has 1 heterocycles. The van der Waals surface area contributed by atoms with Crippen molar-refractivity contribution in [3.8, 4) is 0 Å². The normalized spacial score (nSPS) is 14.4. The highest BCUT2D eigenvalue weighted by Gasteiger charge is 2.27. The maximum atomic E-state index is 12.5. The van der Waals surface area contributed by atoms with Crippen LogP contribution < -0.4 is 10.6 Å². The summed E-state index contributed by atoms with van der Waals surface area (Å²) in [5, 5.41) is 5.72. The third-order valence-electron chi connectivity index (χ3n) is 5.32. The van der Waals surface area contributed by atoms with Crippen LogP contribution in [0.4, 0.5) is 0 Å². The summed E-state index contributed by atoms with van der Waals surface area (Å²) in [6, 6.07) is 17.0. The van der Waals surface area contributed by atoms with Crippen LogP contribution in [0.1, 0.15) is 34.3 Å². The summed E-state index contributed by atoms with van der Waals surface area (Å²) in [6.45, 7) is 2.07. The van der Waals surface area contributed by atoms with Crippen LogP contribution >= 0.6 is 0 Å². The van der Waals surface area contributed by atoms with Crippen LogP contribution in [0.15, 0.2) is 54.6 Å². The minimum absolute atomic E-state index is 0.000461. The van der Waals surface area contributed by atoms with E-state index >= 15 is 0 Å². The number of nitrogens with zero attached hydrogens (tertiary/aromatic N) is 2. The Morgan fingerprint density at radius 1 is 0.935 bits per heavy atom. The van der Waals surface area contributed by atoms with Gasteiger partial charge in [0.25, 0.3) is 5.91 Å². The molecule has 31 heavy (non-hydrogen) atoms. The SMILES string of the molecule is CN(C)Cc1ccc(CNC(=O)C(=O)N2CCC(NC(=O)c3ccccc3)CC2)cc1. The zero-order chi connectivity index (χ0) is 22.2. The maximum absolute atomic E-state index is 12.5. The molecular weight excluding hydrogens is 392 g/mol. The van der Waals surface area contributed by atoms with E-state index in [-0.39, 0.29) is 11.9 Å². The predicted octanol–water partition coefficient (Wildman–Crippen LogP) is 1.79. The number of hydrogen-bond acceptors (Lipinski definition) is 4. The summed E-state index contributed by atoms with van der Waals surface area (Å²) in [5.74, 6) is -1.22. The molecule has 0 saturated carbocycles.